The topological polar surface area (TPSA) is 92.8 Å². The van der Waals surface area contributed by atoms with E-state index in [1.54, 1.807) is 31.2 Å². The number of hydrogen-bond acceptors (Lipinski definition) is 5. The summed E-state index contributed by atoms with van der Waals surface area (Å²) in [6, 6.07) is 6.30. The van der Waals surface area contributed by atoms with E-state index >= 15 is 0 Å². The van der Waals surface area contributed by atoms with Crippen LogP contribution in [0.5, 0.6) is 0 Å². The third kappa shape index (κ3) is 2.79. The minimum atomic E-state index is -0.431. The van der Waals surface area contributed by atoms with Crippen molar-refractivity contribution in [3.8, 4) is 0 Å². The van der Waals surface area contributed by atoms with Crippen LogP contribution in [0.25, 0.3) is 0 Å². The number of likely N-dealkylation sites (tertiary alicyclic amines) is 1. The Morgan fingerprint density at radius 3 is 2.17 bits per heavy atom. The quantitative estimate of drug-likeness (QED) is 0.467. The number of amides is 3. The molecule has 2 bridgehead atoms. The van der Waals surface area contributed by atoms with E-state index in [9.17, 15) is 19.2 Å². The van der Waals surface area contributed by atoms with Crippen LogP contribution in [0, 0.1) is 35.5 Å². The fourth-order valence-electron chi connectivity index (χ4n) is 5.42. The Labute approximate surface area is 168 Å². The summed E-state index contributed by atoms with van der Waals surface area (Å²) in [6.45, 7) is 1.74. The highest BCUT2D eigenvalue weighted by molar-refractivity contribution is 6.09. The summed E-state index contributed by atoms with van der Waals surface area (Å²) in [5, 5.41) is 2.69. The molecule has 5 aliphatic rings. The molecule has 150 valence electrons. The van der Waals surface area contributed by atoms with E-state index in [-0.39, 0.29) is 48.6 Å². The van der Waals surface area contributed by atoms with E-state index < -0.39 is 11.9 Å². The molecule has 6 atom stereocenters. The lowest BCUT2D eigenvalue weighted by molar-refractivity contribution is -0.142. The zero-order valence-corrected chi connectivity index (χ0v) is 16.0. The fourth-order valence-corrected chi connectivity index (χ4v) is 5.42. The molecule has 7 heteroatoms. The second-order valence-electron chi connectivity index (χ2n) is 8.26. The first-order chi connectivity index (χ1) is 14.0. The number of nitrogens with one attached hydrogen (secondary N) is 1. The molecule has 4 aliphatic carbocycles. The summed E-state index contributed by atoms with van der Waals surface area (Å²) in [5.41, 5.74) is 0.878. The highest BCUT2D eigenvalue weighted by atomic mass is 16.5. The van der Waals surface area contributed by atoms with Gasteiger partial charge >= 0.3 is 5.97 Å². The highest BCUT2D eigenvalue weighted by Gasteiger charge is 2.67. The Morgan fingerprint density at radius 1 is 1.03 bits per heavy atom. The zero-order valence-electron chi connectivity index (χ0n) is 16.0. The average molecular weight is 394 g/mol. The summed E-state index contributed by atoms with van der Waals surface area (Å²) in [7, 11) is 0. The molecule has 1 saturated heterocycles. The number of hydrogen-bond donors (Lipinski definition) is 1. The van der Waals surface area contributed by atoms with Crippen LogP contribution in [-0.4, -0.2) is 41.7 Å². The maximum atomic E-state index is 12.9. The van der Waals surface area contributed by atoms with Crippen molar-refractivity contribution >= 4 is 29.4 Å². The van der Waals surface area contributed by atoms with Crippen LogP contribution in [0.3, 0.4) is 0 Å². The van der Waals surface area contributed by atoms with Crippen LogP contribution < -0.4 is 5.32 Å². The maximum absolute atomic E-state index is 12.9. The normalized spacial score (nSPS) is 33.3. The Kier molecular flexibility index (Phi) is 4.08. The first kappa shape index (κ1) is 18.1. The largest absolute Gasteiger partial charge is 0.462 e. The summed E-state index contributed by atoms with van der Waals surface area (Å²) in [6.07, 6.45) is 5.33. The minimum absolute atomic E-state index is 0.148. The molecule has 2 saturated carbocycles. The molecule has 3 amide bonds. The third-order valence-electron chi connectivity index (χ3n) is 6.74. The lowest BCUT2D eigenvalue weighted by Gasteiger charge is -2.37. The smallest absolute Gasteiger partial charge is 0.338 e. The molecule has 0 unspecified atom stereocenters. The second kappa shape index (κ2) is 6.54. The lowest BCUT2D eigenvalue weighted by atomic mass is 9.63. The number of benzene rings is 1. The van der Waals surface area contributed by atoms with Gasteiger partial charge in [-0.25, -0.2) is 4.79 Å². The van der Waals surface area contributed by atoms with Crippen LogP contribution in [-0.2, 0) is 19.1 Å². The molecule has 1 aromatic carbocycles. The number of esters is 1. The zero-order chi connectivity index (χ0) is 20.3. The van der Waals surface area contributed by atoms with E-state index in [1.807, 2.05) is 0 Å². The van der Waals surface area contributed by atoms with Crippen molar-refractivity contribution in [2.45, 2.75) is 13.3 Å². The first-order valence-corrected chi connectivity index (χ1v) is 10.1. The predicted octanol–water partition coefficient (Wildman–Crippen LogP) is 1.85. The number of ether oxygens (including phenoxy) is 1. The number of anilines is 1. The first-order valence-electron chi connectivity index (χ1n) is 10.1. The molecule has 29 heavy (non-hydrogen) atoms. The van der Waals surface area contributed by atoms with Gasteiger partial charge in [-0.1, -0.05) is 12.2 Å². The summed E-state index contributed by atoms with van der Waals surface area (Å²) in [4.78, 5) is 51.1. The molecule has 1 N–H and O–H groups in total. The molecular weight excluding hydrogens is 372 g/mol. The van der Waals surface area contributed by atoms with Crippen molar-refractivity contribution in [1.29, 1.82) is 0 Å². The van der Waals surface area contributed by atoms with Crippen molar-refractivity contribution < 1.29 is 23.9 Å². The number of allylic oxidation sites excluding steroid dienone is 2. The fraction of sp³-hybridized carbons (Fsp3) is 0.455. The van der Waals surface area contributed by atoms with E-state index in [2.05, 4.69) is 17.5 Å². The highest BCUT2D eigenvalue weighted by Crippen LogP contribution is 2.65. The molecule has 6 rings (SSSR count). The maximum Gasteiger partial charge on any atom is 0.338 e. The van der Waals surface area contributed by atoms with E-state index in [1.165, 1.54) is 0 Å². The van der Waals surface area contributed by atoms with Crippen molar-refractivity contribution in [3.63, 3.8) is 0 Å². The lowest BCUT2D eigenvalue weighted by Crippen LogP contribution is -2.40. The van der Waals surface area contributed by atoms with Crippen LogP contribution in [0.4, 0.5) is 5.69 Å². The van der Waals surface area contributed by atoms with E-state index in [0.717, 1.165) is 11.3 Å². The Bertz CT molecular complexity index is 901. The van der Waals surface area contributed by atoms with Gasteiger partial charge in [0.05, 0.1) is 24.0 Å². The summed E-state index contributed by atoms with van der Waals surface area (Å²) < 4.78 is 4.93. The molecule has 0 radical (unpaired) electrons. The second-order valence-corrected chi connectivity index (χ2v) is 8.26. The van der Waals surface area contributed by atoms with Crippen LogP contribution in [0.1, 0.15) is 23.7 Å². The number of carbonyl (C=O) groups is 4. The van der Waals surface area contributed by atoms with Gasteiger partial charge in [-0.05, 0) is 61.3 Å². The van der Waals surface area contributed by atoms with Gasteiger partial charge in [-0.3, -0.25) is 19.3 Å². The molecule has 0 spiro atoms. The molecule has 7 nitrogen and oxygen atoms in total. The monoisotopic (exact) mass is 394 g/mol. The molecule has 1 aromatic rings. The standard InChI is InChI=1S/C22H22N2O5/c1-2-29-22(28)11-3-5-12(6-4-11)23-17(25)10-24-20(26)18-13-7-8-14(16-9-15(13)16)19(18)21(24)27/h3-8,13-16,18-19H,2,9-10H2,1H3,(H,23,25)/t13-,14+,15-,16-,18-,19+/m1/s1. The molecule has 1 heterocycles. The SMILES string of the molecule is CCOC(=O)c1ccc(NC(=O)CN2C(=O)[C@@H]3[C@@H]4C=C[C@@H]([C@H]5C[C@H]45)[C@@H]3C2=O)cc1. The van der Waals surface area contributed by atoms with E-state index in [0.29, 0.717) is 23.1 Å². The third-order valence-corrected chi connectivity index (χ3v) is 6.74. The Morgan fingerprint density at radius 2 is 1.62 bits per heavy atom. The van der Waals surface area contributed by atoms with Crippen LogP contribution >= 0.6 is 0 Å². The average Bonchev–Trinajstić information content (AvgIpc) is 3.50. The molecule has 1 aliphatic heterocycles. The summed E-state index contributed by atoms with van der Waals surface area (Å²) >= 11 is 0. The van der Waals surface area contributed by atoms with Gasteiger partial charge in [-0.15, -0.1) is 0 Å². The Balaban J connectivity index is 1.24. The van der Waals surface area contributed by atoms with Crippen molar-refractivity contribution in [2.75, 3.05) is 18.5 Å². The van der Waals surface area contributed by atoms with E-state index in [4.69, 9.17) is 4.74 Å². The van der Waals surface area contributed by atoms with Crippen LogP contribution in [0.15, 0.2) is 36.4 Å². The minimum Gasteiger partial charge on any atom is -0.462 e. The van der Waals surface area contributed by atoms with Gasteiger partial charge in [0.15, 0.2) is 0 Å². The van der Waals surface area contributed by atoms with Crippen LogP contribution in [0.2, 0.25) is 0 Å². The Hall–Kier alpha value is -2.96. The predicted molar refractivity (Wildman–Crippen MR) is 102 cm³/mol. The van der Waals surface area contributed by atoms with Gasteiger partial charge in [0.25, 0.3) is 0 Å². The van der Waals surface area contributed by atoms with Crippen molar-refractivity contribution in [2.24, 2.45) is 35.5 Å². The number of nitrogens with zero attached hydrogens (tertiary/aromatic N) is 1. The number of imide groups is 1. The van der Waals surface area contributed by atoms with Gasteiger partial charge in [-0.2, -0.15) is 0 Å². The van der Waals surface area contributed by atoms with Crippen molar-refractivity contribution in [3.05, 3.63) is 42.0 Å². The van der Waals surface area contributed by atoms with Gasteiger partial charge < -0.3 is 10.1 Å². The van der Waals surface area contributed by atoms with Crippen molar-refractivity contribution in [1.82, 2.24) is 4.90 Å². The number of carbonyl (C=O) groups excluding carboxylic acids is 4. The van der Waals surface area contributed by atoms with Gasteiger partial charge in [0.1, 0.15) is 6.54 Å². The molecule has 0 aromatic heterocycles. The molecule has 3 fully saturated rings. The molecular formula is C22H22N2O5. The van der Waals surface area contributed by atoms with Gasteiger partial charge in [0, 0.05) is 5.69 Å². The summed E-state index contributed by atoms with van der Waals surface area (Å²) in [5.74, 6) is -0.498. The van der Waals surface area contributed by atoms with Gasteiger partial charge in [0.2, 0.25) is 17.7 Å². The number of rotatable bonds is 5.